The Kier molecular flexibility index (Phi) is 8.17. The van der Waals surface area contributed by atoms with E-state index in [0.29, 0.717) is 51.3 Å². The third-order valence-corrected chi connectivity index (χ3v) is 7.44. The number of benzene rings is 3. The van der Waals surface area contributed by atoms with E-state index in [1.54, 1.807) is 55.5 Å². The summed E-state index contributed by atoms with van der Waals surface area (Å²) in [5.41, 5.74) is 2.57. The number of carbonyl (C=O) groups excluding carboxylic acids is 2. The quantitative estimate of drug-likeness (QED) is 0.189. The molecule has 0 aliphatic carbocycles. The van der Waals surface area contributed by atoms with Crippen LogP contribution in [0.2, 0.25) is 5.02 Å². The second-order valence-electron chi connectivity index (χ2n) is 10.6. The number of aliphatic hydroxyl groups excluding tert-OH is 1. The van der Waals surface area contributed by atoms with E-state index in [2.05, 4.69) is 0 Å². The highest BCUT2D eigenvalue weighted by Crippen LogP contribution is 2.46. The number of carbonyl (C=O) groups is 2. The largest absolute Gasteiger partial charge is 0.507 e. The van der Waals surface area contributed by atoms with Gasteiger partial charge in [-0.2, -0.15) is 0 Å². The second kappa shape index (κ2) is 11.3. The van der Waals surface area contributed by atoms with Crippen LogP contribution in [0.3, 0.4) is 0 Å². The van der Waals surface area contributed by atoms with Gasteiger partial charge in [0.1, 0.15) is 11.5 Å². The van der Waals surface area contributed by atoms with Crippen molar-refractivity contribution in [2.24, 2.45) is 0 Å². The standard InChI is InChI=1S/C32H34ClNO6/c1-8-40-24-14-13-20(16-21(24)32(3,4)5)29(35)27-28(19-12-15-25(38-6)26(17-19)39-7)34(31(37)30(27)36)23-11-9-10-22(33)18(23)2/h9-17,28,35H,8H2,1-7H3/b29-27+. The first-order valence-electron chi connectivity index (χ1n) is 13.0. The van der Waals surface area contributed by atoms with E-state index in [1.807, 2.05) is 33.8 Å². The van der Waals surface area contributed by atoms with Gasteiger partial charge in [0.25, 0.3) is 11.7 Å². The summed E-state index contributed by atoms with van der Waals surface area (Å²) in [6.45, 7) is 10.3. The van der Waals surface area contributed by atoms with Gasteiger partial charge in [-0.15, -0.1) is 0 Å². The number of aliphatic hydroxyl groups is 1. The van der Waals surface area contributed by atoms with Gasteiger partial charge in [-0.25, -0.2) is 0 Å². The number of nitrogens with zero attached hydrogens (tertiary/aromatic N) is 1. The molecule has 0 radical (unpaired) electrons. The molecule has 0 saturated carbocycles. The number of amides is 1. The van der Waals surface area contributed by atoms with E-state index < -0.39 is 17.7 Å². The zero-order chi connectivity index (χ0) is 29.4. The van der Waals surface area contributed by atoms with Crippen molar-refractivity contribution in [3.8, 4) is 17.2 Å². The highest BCUT2D eigenvalue weighted by molar-refractivity contribution is 6.52. The van der Waals surface area contributed by atoms with Crippen molar-refractivity contribution in [1.82, 2.24) is 0 Å². The fourth-order valence-electron chi connectivity index (χ4n) is 4.98. The first-order valence-corrected chi connectivity index (χ1v) is 13.4. The van der Waals surface area contributed by atoms with Crippen LogP contribution in [0.5, 0.6) is 17.2 Å². The van der Waals surface area contributed by atoms with E-state index in [-0.39, 0.29) is 16.7 Å². The predicted molar refractivity (Wildman–Crippen MR) is 157 cm³/mol. The Hall–Kier alpha value is -3.97. The predicted octanol–water partition coefficient (Wildman–Crippen LogP) is 6.99. The summed E-state index contributed by atoms with van der Waals surface area (Å²) in [7, 11) is 3.03. The fraction of sp³-hybridized carbons (Fsp3) is 0.312. The van der Waals surface area contributed by atoms with E-state index >= 15 is 0 Å². The normalized spacial score (nSPS) is 16.8. The van der Waals surface area contributed by atoms with Crippen LogP contribution in [0.25, 0.3) is 5.76 Å². The molecule has 3 aromatic carbocycles. The first kappa shape index (κ1) is 29.0. The van der Waals surface area contributed by atoms with Crippen LogP contribution in [0.4, 0.5) is 5.69 Å². The van der Waals surface area contributed by atoms with Crippen molar-refractivity contribution in [3.05, 3.63) is 87.4 Å². The van der Waals surface area contributed by atoms with Crippen molar-refractivity contribution in [1.29, 1.82) is 0 Å². The van der Waals surface area contributed by atoms with Crippen LogP contribution in [0.1, 0.15) is 56.0 Å². The summed E-state index contributed by atoms with van der Waals surface area (Å²) in [5.74, 6) is -0.253. The maximum Gasteiger partial charge on any atom is 0.300 e. The number of ether oxygens (including phenoxy) is 3. The summed E-state index contributed by atoms with van der Waals surface area (Å²) >= 11 is 6.42. The van der Waals surface area contributed by atoms with Gasteiger partial charge < -0.3 is 19.3 Å². The molecule has 1 amide bonds. The summed E-state index contributed by atoms with van der Waals surface area (Å²) < 4.78 is 16.7. The van der Waals surface area contributed by atoms with Crippen LogP contribution in [0, 0.1) is 6.92 Å². The molecule has 0 aromatic heterocycles. The maximum absolute atomic E-state index is 13.7. The number of hydrogen-bond donors (Lipinski definition) is 1. The molecule has 1 saturated heterocycles. The second-order valence-corrected chi connectivity index (χ2v) is 11.0. The van der Waals surface area contributed by atoms with Gasteiger partial charge in [-0.1, -0.05) is 44.5 Å². The van der Waals surface area contributed by atoms with E-state index in [4.69, 9.17) is 25.8 Å². The zero-order valence-corrected chi connectivity index (χ0v) is 24.6. The highest BCUT2D eigenvalue weighted by Gasteiger charge is 2.47. The maximum atomic E-state index is 13.7. The molecule has 3 aromatic rings. The van der Waals surface area contributed by atoms with Crippen molar-refractivity contribution in [2.45, 2.75) is 46.1 Å². The Bertz CT molecular complexity index is 1500. The molecule has 40 heavy (non-hydrogen) atoms. The van der Waals surface area contributed by atoms with Crippen molar-refractivity contribution >= 4 is 34.7 Å². The average Bonchev–Trinajstić information content (AvgIpc) is 3.19. The molecule has 4 rings (SSSR count). The molecule has 1 aliphatic heterocycles. The van der Waals surface area contributed by atoms with Crippen LogP contribution >= 0.6 is 11.6 Å². The number of rotatable bonds is 7. The highest BCUT2D eigenvalue weighted by atomic mass is 35.5. The molecular weight excluding hydrogens is 530 g/mol. The Balaban J connectivity index is 2.01. The molecule has 1 N–H and O–H groups in total. The zero-order valence-electron chi connectivity index (χ0n) is 23.8. The number of ketones is 1. The van der Waals surface area contributed by atoms with Crippen molar-refractivity contribution < 1.29 is 28.9 Å². The lowest BCUT2D eigenvalue weighted by Gasteiger charge is -2.28. The minimum atomic E-state index is -0.957. The molecule has 210 valence electrons. The van der Waals surface area contributed by atoms with Gasteiger partial charge in [0, 0.05) is 21.8 Å². The van der Waals surface area contributed by atoms with E-state index in [0.717, 1.165) is 5.56 Å². The topological polar surface area (TPSA) is 85.3 Å². The fourth-order valence-corrected chi connectivity index (χ4v) is 5.15. The molecule has 1 unspecified atom stereocenters. The summed E-state index contributed by atoms with van der Waals surface area (Å²) in [6.07, 6.45) is 0. The number of anilines is 1. The lowest BCUT2D eigenvalue weighted by Crippen LogP contribution is -2.30. The third kappa shape index (κ3) is 5.13. The van der Waals surface area contributed by atoms with Crippen LogP contribution < -0.4 is 19.1 Å². The summed E-state index contributed by atoms with van der Waals surface area (Å²) in [6, 6.07) is 14.6. The number of halogens is 1. The number of hydrogen-bond acceptors (Lipinski definition) is 6. The van der Waals surface area contributed by atoms with Crippen molar-refractivity contribution in [3.63, 3.8) is 0 Å². The van der Waals surface area contributed by atoms with E-state index in [1.165, 1.54) is 19.1 Å². The number of Topliss-reactive ketones (excluding diaryl/α,β-unsaturated/α-hetero) is 1. The Morgan fingerprint density at radius 1 is 0.975 bits per heavy atom. The minimum Gasteiger partial charge on any atom is -0.507 e. The molecular formula is C32H34ClNO6. The molecule has 7 nitrogen and oxygen atoms in total. The molecule has 1 atom stereocenters. The summed E-state index contributed by atoms with van der Waals surface area (Å²) in [4.78, 5) is 28.7. The van der Waals surface area contributed by atoms with Crippen molar-refractivity contribution in [2.75, 3.05) is 25.7 Å². The lowest BCUT2D eigenvalue weighted by molar-refractivity contribution is -0.132. The lowest BCUT2D eigenvalue weighted by atomic mass is 9.84. The Morgan fingerprint density at radius 2 is 1.65 bits per heavy atom. The molecule has 1 aliphatic rings. The molecule has 1 fully saturated rings. The van der Waals surface area contributed by atoms with Crippen LogP contribution in [-0.4, -0.2) is 37.6 Å². The van der Waals surface area contributed by atoms with Gasteiger partial charge in [0.2, 0.25) is 0 Å². The molecule has 1 heterocycles. The van der Waals surface area contributed by atoms with Gasteiger partial charge in [-0.3, -0.25) is 14.5 Å². The smallest absolute Gasteiger partial charge is 0.300 e. The third-order valence-electron chi connectivity index (χ3n) is 7.03. The van der Waals surface area contributed by atoms with Gasteiger partial charge >= 0.3 is 0 Å². The minimum absolute atomic E-state index is 0.0411. The van der Waals surface area contributed by atoms with Crippen LogP contribution in [-0.2, 0) is 15.0 Å². The monoisotopic (exact) mass is 563 g/mol. The summed E-state index contributed by atoms with van der Waals surface area (Å²) in [5, 5.41) is 12.2. The van der Waals surface area contributed by atoms with Gasteiger partial charge in [-0.05, 0) is 72.9 Å². The number of methoxy groups -OCH3 is 2. The molecule has 0 bridgehead atoms. The van der Waals surface area contributed by atoms with Gasteiger partial charge in [0.15, 0.2) is 11.5 Å². The van der Waals surface area contributed by atoms with Crippen LogP contribution in [0.15, 0.2) is 60.2 Å². The van der Waals surface area contributed by atoms with Gasteiger partial charge in [0.05, 0.1) is 32.4 Å². The Morgan fingerprint density at radius 3 is 2.27 bits per heavy atom. The first-order chi connectivity index (χ1) is 18.9. The molecule has 8 heteroatoms. The molecule has 0 spiro atoms. The van der Waals surface area contributed by atoms with E-state index in [9.17, 15) is 14.7 Å². The Labute approximate surface area is 239 Å². The average molecular weight is 564 g/mol. The SMILES string of the molecule is CCOc1ccc(/C(O)=C2\C(=O)C(=O)N(c3cccc(Cl)c3C)C2c2ccc(OC)c(OC)c2)cc1C(C)(C)C.